The summed E-state index contributed by atoms with van der Waals surface area (Å²) < 4.78 is 5.78. The highest BCUT2D eigenvalue weighted by Crippen LogP contribution is 2.26. The van der Waals surface area contributed by atoms with Gasteiger partial charge in [0.2, 0.25) is 5.91 Å². The van der Waals surface area contributed by atoms with Gasteiger partial charge in [-0.3, -0.25) is 4.79 Å². The van der Waals surface area contributed by atoms with E-state index in [0.29, 0.717) is 5.75 Å². The van der Waals surface area contributed by atoms with Crippen molar-refractivity contribution in [2.45, 2.75) is 13.0 Å². The molecule has 1 heterocycles. The SMILES string of the molecule is CSCC(=O)N(C)C(C)c1cc2ccccc2o1. The van der Waals surface area contributed by atoms with Gasteiger partial charge in [0.05, 0.1) is 11.8 Å². The van der Waals surface area contributed by atoms with Crippen LogP contribution in [0.2, 0.25) is 0 Å². The molecule has 0 saturated heterocycles. The molecule has 1 aromatic heterocycles. The number of thioether (sulfide) groups is 1. The van der Waals surface area contributed by atoms with Crippen molar-refractivity contribution < 1.29 is 9.21 Å². The summed E-state index contributed by atoms with van der Waals surface area (Å²) in [6.45, 7) is 1.98. The molecule has 0 aliphatic carbocycles. The fourth-order valence-electron chi connectivity index (χ4n) is 1.84. The molecule has 0 aliphatic rings. The molecule has 1 atom stereocenters. The number of benzene rings is 1. The van der Waals surface area contributed by atoms with Gasteiger partial charge in [-0.25, -0.2) is 0 Å². The van der Waals surface area contributed by atoms with Crippen molar-refractivity contribution in [2.24, 2.45) is 0 Å². The summed E-state index contributed by atoms with van der Waals surface area (Å²) in [6, 6.07) is 9.84. The number of amides is 1. The molecule has 0 spiro atoms. The lowest BCUT2D eigenvalue weighted by Crippen LogP contribution is -2.30. The Bertz CT molecular complexity index is 516. The minimum absolute atomic E-state index is 0.0444. The first-order chi connectivity index (χ1) is 8.63. The molecule has 3 nitrogen and oxygen atoms in total. The number of hydrogen-bond donors (Lipinski definition) is 0. The van der Waals surface area contributed by atoms with Crippen LogP contribution >= 0.6 is 11.8 Å². The number of fused-ring (bicyclic) bond motifs is 1. The molecule has 0 radical (unpaired) electrons. The van der Waals surface area contributed by atoms with Gasteiger partial charge in [-0.1, -0.05) is 18.2 Å². The number of carbonyl (C=O) groups is 1. The summed E-state index contributed by atoms with van der Waals surface area (Å²) in [5.41, 5.74) is 0.866. The summed E-state index contributed by atoms with van der Waals surface area (Å²) in [6.07, 6.45) is 1.93. The Balaban J connectivity index is 2.22. The molecule has 2 rings (SSSR count). The van der Waals surface area contributed by atoms with Gasteiger partial charge in [0, 0.05) is 12.4 Å². The van der Waals surface area contributed by atoms with Crippen molar-refractivity contribution in [1.29, 1.82) is 0 Å². The van der Waals surface area contributed by atoms with Crippen LogP contribution < -0.4 is 0 Å². The van der Waals surface area contributed by atoms with Gasteiger partial charge in [-0.15, -0.1) is 0 Å². The second-order valence-corrected chi connectivity index (χ2v) is 5.17. The summed E-state index contributed by atoms with van der Waals surface area (Å²) in [5, 5.41) is 1.07. The molecule has 1 unspecified atom stereocenters. The maximum Gasteiger partial charge on any atom is 0.232 e. The molecule has 0 N–H and O–H groups in total. The third kappa shape index (κ3) is 2.53. The van der Waals surface area contributed by atoms with Crippen LogP contribution in [0.25, 0.3) is 11.0 Å². The van der Waals surface area contributed by atoms with Gasteiger partial charge in [-0.05, 0) is 25.3 Å². The van der Waals surface area contributed by atoms with Gasteiger partial charge < -0.3 is 9.32 Å². The van der Waals surface area contributed by atoms with E-state index in [9.17, 15) is 4.79 Å². The number of carbonyl (C=O) groups excluding carboxylic acids is 1. The number of hydrogen-bond acceptors (Lipinski definition) is 3. The van der Waals surface area contributed by atoms with E-state index in [2.05, 4.69) is 0 Å². The van der Waals surface area contributed by atoms with E-state index in [1.54, 1.807) is 4.90 Å². The Kier molecular flexibility index (Phi) is 3.97. The third-order valence-electron chi connectivity index (χ3n) is 3.10. The fraction of sp³-hybridized carbons (Fsp3) is 0.357. The predicted molar refractivity (Wildman–Crippen MR) is 75.8 cm³/mol. The van der Waals surface area contributed by atoms with Crippen molar-refractivity contribution >= 4 is 28.6 Å². The molecule has 0 bridgehead atoms. The molecule has 0 saturated carbocycles. The Labute approximate surface area is 111 Å². The van der Waals surface area contributed by atoms with Crippen LogP contribution in [-0.2, 0) is 4.79 Å². The first kappa shape index (κ1) is 13.0. The van der Waals surface area contributed by atoms with E-state index >= 15 is 0 Å². The average molecular weight is 263 g/mol. The summed E-state index contributed by atoms with van der Waals surface area (Å²) in [5.74, 6) is 1.45. The zero-order chi connectivity index (χ0) is 13.1. The van der Waals surface area contributed by atoms with E-state index in [1.165, 1.54) is 11.8 Å². The normalized spacial score (nSPS) is 12.6. The summed E-state index contributed by atoms with van der Waals surface area (Å²) in [4.78, 5) is 13.6. The molecule has 0 fully saturated rings. The quantitative estimate of drug-likeness (QED) is 0.848. The lowest BCUT2D eigenvalue weighted by molar-refractivity contribution is -0.129. The van der Waals surface area contributed by atoms with Gasteiger partial charge in [0.15, 0.2) is 0 Å². The van der Waals surface area contributed by atoms with Crippen LogP contribution in [-0.4, -0.2) is 29.9 Å². The predicted octanol–water partition coefficient (Wildman–Crippen LogP) is 3.32. The summed E-state index contributed by atoms with van der Waals surface area (Å²) in [7, 11) is 1.82. The highest BCUT2D eigenvalue weighted by atomic mass is 32.2. The zero-order valence-electron chi connectivity index (χ0n) is 10.8. The monoisotopic (exact) mass is 263 g/mol. The number of nitrogens with zero attached hydrogens (tertiary/aromatic N) is 1. The molecule has 0 aliphatic heterocycles. The largest absolute Gasteiger partial charge is 0.459 e. The summed E-state index contributed by atoms with van der Waals surface area (Å²) >= 11 is 1.53. The highest BCUT2D eigenvalue weighted by Gasteiger charge is 2.20. The second-order valence-electron chi connectivity index (χ2n) is 4.30. The standard InChI is InChI=1S/C14H17NO2S/c1-10(15(2)14(16)9-18-3)13-8-11-6-4-5-7-12(11)17-13/h4-8,10H,9H2,1-3H3. The van der Waals surface area contributed by atoms with Gasteiger partial charge in [0.1, 0.15) is 11.3 Å². The van der Waals surface area contributed by atoms with E-state index in [4.69, 9.17) is 4.42 Å². The van der Waals surface area contributed by atoms with Crippen LogP contribution in [0.4, 0.5) is 0 Å². The molecular formula is C14H17NO2S. The fourth-order valence-corrected chi connectivity index (χ4v) is 2.29. The third-order valence-corrected chi connectivity index (χ3v) is 3.63. The van der Waals surface area contributed by atoms with Crippen LogP contribution in [0.1, 0.15) is 18.7 Å². The van der Waals surface area contributed by atoms with Gasteiger partial charge in [0.25, 0.3) is 0 Å². The topological polar surface area (TPSA) is 33.5 Å². The van der Waals surface area contributed by atoms with Crippen LogP contribution in [0, 0.1) is 0 Å². The number of para-hydroxylation sites is 1. The maximum absolute atomic E-state index is 11.8. The van der Waals surface area contributed by atoms with E-state index in [1.807, 2.05) is 50.6 Å². The smallest absolute Gasteiger partial charge is 0.232 e. The lowest BCUT2D eigenvalue weighted by atomic mass is 10.2. The van der Waals surface area contributed by atoms with Crippen molar-refractivity contribution in [3.05, 3.63) is 36.1 Å². The second kappa shape index (κ2) is 5.48. The molecule has 18 heavy (non-hydrogen) atoms. The van der Waals surface area contributed by atoms with Crippen molar-refractivity contribution in [2.75, 3.05) is 19.1 Å². The first-order valence-electron chi connectivity index (χ1n) is 5.86. The molecule has 4 heteroatoms. The lowest BCUT2D eigenvalue weighted by Gasteiger charge is -2.22. The Morgan fingerprint density at radius 2 is 2.17 bits per heavy atom. The average Bonchev–Trinajstić information content (AvgIpc) is 2.81. The van der Waals surface area contributed by atoms with E-state index < -0.39 is 0 Å². The van der Waals surface area contributed by atoms with Crippen molar-refractivity contribution in [3.8, 4) is 0 Å². The molecule has 2 aromatic rings. The Hall–Kier alpha value is -1.42. The van der Waals surface area contributed by atoms with Gasteiger partial charge in [-0.2, -0.15) is 11.8 Å². The molecule has 96 valence electrons. The van der Waals surface area contributed by atoms with E-state index in [0.717, 1.165) is 16.7 Å². The minimum Gasteiger partial charge on any atom is -0.459 e. The number of furan rings is 1. The molecular weight excluding hydrogens is 246 g/mol. The highest BCUT2D eigenvalue weighted by molar-refractivity contribution is 7.99. The first-order valence-corrected chi connectivity index (χ1v) is 7.26. The van der Waals surface area contributed by atoms with Crippen LogP contribution in [0.5, 0.6) is 0 Å². The van der Waals surface area contributed by atoms with E-state index in [-0.39, 0.29) is 11.9 Å². The Morgan fingerprint density at radius 1 is 1.44 bits per heavy atom. The maximum atomic E-state index is 11.8. The van der Waals surface area contributed by atoms with Crippen molar-refractivity contribution in [3.63, 3.8) is 0 Å². The van der Waals surface area contributed by atoms with Crippen molar-refractivity contribution in [1.82, 2.24) is 4.90 Å². The van der Waals surface area contributed by atoms with Crippen LogP contribution in [0.15, 0.2) is 34.7 Å². The Morgan fingerprint density at radius 3 is 2.83 bits per heavy atom. The minimum atomic E-state index is -0.0444. The van der Waals surface area contributed by atoms with Gasteiger partial charge >= 0.3 is 0 Å². The zero-order valence-corrected chi connectivity index (χ0v) is 11.7. The molecule has 1 aromatic carbocycles. The molecule has 1 amide bonds. The van der Waals surface area contributed by atoms with Crippen LogP contribution in [0.3, 0.4) is 0 Å². The number of rotatable bonds is 4.